The van der Waals surface area contributed by atoms with Gasteiger partial charge < -0.3 is 10.1 Å². The van der Waals surface area contributed by atoms with E-state index in [0.29, 0.717) is 0 Å². The maximum absolute atomic E-state index is 5.44. The van der Waals surface area contributed by atoms with E-state index in [9.17, 15) is 0 Å². The molecule has 124 valence electrons. The van der Waals surface area contributed by atoms with Gasteiger partial charge in [-0.2, -0.15) is 0 Å². The normalized spacial score (nSPS) is 15.0. The molecule has 0 spiro atoms. The average Bonchev–Trinajstić information content (AvgIpc) is 3.08. The summed E-state index contributed by atoms with van der Waals surface area (Å²) < 4.78 is 5.44. The minimum Gasteiger partial charge on any atom is -0.497 e. The zero-order chi connectivity index (χ0) is 16.9. The van der Waals surface area contributed by atoms with Crippen LogP contribution in [0.25, 0.3) is 0 Å². The molecule has 2 aromatic carbocycles. The van der Waals surface area contributed by atoms with Crippen molar-refractivity contribution in [2.24, 2.45) is 4.99 Å². The first kappa shape index (κ1) is 17.0. The van der Waals surface area contributed by atoms with Crippen molar-refractivity contribution in [2.45, 2.75) is 19.4 Å². The molecule has 0 saturated carbocycles. The lowest BCUT2D eigenvalue weighted by Crippen LogP contribution is -2.31. The molecular formula is C19H23BN2OS. The van der Waals surface area contributed by atoms with Crippen LogP contribution in [0.5, 0.6) is 5.75 Å². The summed E-state index contributed by atoms with van der Waals surface area (Å²) in [7, 11) is 3.87. The number of amidine groups is 1. The van der Waals surface area contributed by atoms with E-state index in [1.54, 1.807) is 18.9 Å². The number of benzene rings is 2. The van der Waals surface area contributed by atoms with E-state index in [1.807, 2.05) is 6.07 Å². The van der Waals surface area contributed by atoms with Gasteiger partial charge in [-0.3, -0.25) is 4.99 Å². The Morgan fingerprint density at radius 1 is 1.29 bits per heavy atom. The zero-order valence-corrected chi connectivity index (χ0v) is 15.3. The van der Waals surface area contributed by atoms with Crippen LogP contribution < -0.4 is 15.5 Å². The Labute approximate surface area is 149 Å². The van der Waals surface area contributed by atoms with Crippen molar-refractivity contribution in [1.29, 1.82) is 0 Å². The van der Waals surface area contributed by atoms with E-state index in [2.05, 4.69) is 61.5 Å². The summed E-state index contributed by atoms with van der Waals surface area (Å²) in [6.45, 7) is 3.04. The smallest absolute Gasteiger partial charge is 0.157 e. The predicted molar refractivity (Wildman–Crippen MR) is 107 cm³/mol. The number of methoxy groups -OCH3 is 1. The molecule has 1 heterocycles. The molecule has 3 nitrogen and oxygen atoms in total. The maximum atomic E-state index is 5.44. The third-order valence-corrected chi connectivity index (χ3v) is 5.17. The first-order valence-corrected chi connectivity index (χ1v) is 9.28. The molecule has 1 N–H and O–H groups in total. The van der Waals surface area contributed by atoms with E-state index in [1.165, 1.54) is 22.2 Å². The maximum Gasteiger partial charge on any atom is 0.157 e. The Morgan fingerprint density at radius 3 is 2.88 bits per heavy atom. The molecule has 1 aliphatic rings. The first-order valence-electron chi connectivity index (χ1n) is 8.29. The molecule has 1 aliphatic heterocycles. The second-order valence-corrected chi connectivity index (χ2v) is 7.23. The van der Waals surface area contributed by atoms with Crippen LogP contribution in [-0.2, 0) is 6.42 Å². The summed E-state index contributed by atoms with van der Waals surface area (Å²) in [5.41, 5.74) is 5.16. The number of aryl methyl sites for hydroxylation is 1. The number of rotatable bonds is 5. The molecule has 0 amide bonds. The van der Waals surface area contributed by atoms with Gasteiger partial charge in [0.2, 0.25) is 0 Å². The van der Waals surface area contributed by atoms with Gasteiger partial charge in [0.05, 0.1) is 19.7 Å². The van der Waals surface area contributed by atoms with Crippen LogP contribution in [0, 0.1) is 6.92 Å². The minimum absolute atomic E-state index is 0.186. The van der Waals surface area contributed by atoms with Gasteiger partial charge in [-0.25, -0.2) is 0 Å². The van der Waals surface area contributed by atoms with Crippen molar-refractivity contribution >= 4 is 30.2 Å². The van der Waals surface area contributed by atoms with Crippen LogP contribution >= 0.6 is 11.8 Å². The van der Waals surface area contributed by atoms with Gasteiger partial charge in [-0.1, -0.05) is 53.1 Å². The molecule has 24 heavy (non-hydrogen) atoms. The first-order chi connectivity index (χ1) is 11.7. The van der Waals surface area contributed by atoms with E-state index >= 15 is 0 Å². The number of aliphatic imine (C=N–C) groups is 1. The fourth-order valence-electron chi connectivity index (χ4n) is 3.01. The molecule has 1 unspecified atom stereocenters. The van der Waals surface area contributed by atoms with Gasteiger partial charge >= 0.3 is 0 Å². The monoisotopic (exact) mass is 338 g/mol. The van der Waals surface area contributed by atoms with Crippen LogP contribution in [-0.4, -0.2) is 32.4 Å². The van der Waals surface area contributed by atoms with Crippen molar-refractivity contribution in [3.63, 3.8) is 0 Å². The van der Waals surface area contributed by atoms with Gasteiger partial charge in [-0.15, -0.1) is 0 Å². The summed E-state index contributed by atoms with van der Waals surface area (Å²) >= 11 is 1.80. The molecule has 0 fully saturated rings. The van der Waals surface area contributed by atoms with Crippen LogP contribution in [0.4, 0.5) is 0 Å². The van der Waals surface area contributed by atoms with E-state index in [0.717, 1.165) is 29.6 Å². The summed E-state index contributed by atoms with van der Waals surface area (Å²) in [6, 6.07) is 15.2. The number of nitrogens with zero attached hydrogens (tertiary/aromatic N) is 1. The van der Waals surface area contributed by atoms with Crippen LogP contribution in [0.2, 0.25) is 0 Å². The Kier molecular flexibility index (Phi) is 5.51. The largest absolute Gasteiger partial charge is 0.497 e. The fraction of sp³-hybridized carbons (Fsp3) is 0.316. The second-order valence-electron chi connectivity index (χ2n) is 6.15. The number of thioether (sulfide) groups is 1. The Bertz CT molecular complexity index is 748. The number of ether oxygens (including phenoxy) is 1. The van der Waals surface area contributed by atoms with Gasteiger partial charge in [0, 0.05) is 5.75 Å². The summed E-state index contributed by atoms with van der Waals surface area (Å²) in [5, 5.41) is 4.70. The highest BCUT2D eigenvalue weighted by Crippen LogP contribution is 2.23. The van der Waals surface area contributed by atoms with Crippen molar-refractivity contribution in [3.05, 3.63) is 59.2 Å². The van der Waals surface area contributed by atoms with Crippen molar-refractivity contribution in [1.82, 2.24) is 5.32 Å². The second kappa shape index (κ2) is 7.80. The Hall–Kier alpha value is -1.88. The van der Waals surface area contributed by atoms with Crippen molar-refractivity contribution in [2.75, 3.05) is 19.4 Å². The van der Waals surface area contributed by atoms with Gasteiger partial charge in [-0.05, 0) is 36.6 Å². The van der Waals surface area contributed by atoms with Crippen molar-refractivity contribution in [3.8, 4) is 5.75 Å². The topological polar surface area (TPSA) is 33.6 Å². The lowest BCUT2D eigenvalue weighted by molar-refractivity contribution is 0.413. The molecule has 0 bridgehead atoms. The van der Waals surface area contributed by atoms with Gasteiger partial charge in [0.15, 0.2) is 5.17 Å². The highest BCUT2D eigenvalue weighted by atomic mass is 32.2. The number of hydrogen-bond acceptors (Lipinski definition) is 4. The standard InChI is InChI=1S/C19H23BN2OS/c1-13-4-3-5-14(10-13)11-18(22-19-21-8-9-24-19)16-12-15(23-2)6-7-17(16)20/h3-7,10,12,18H,8-9,11,20H2,1-2H3,(H,21,22). The SMILES string of the molecule is Bc1ccc(OC)cc1C(Cc1cccc(C)c1)NC1=NCCS1. The Balaban J connectivity index is 1.92. The summed E-state index contributed by atoms with van der Waals surface area (Å²) in [6.07, 6.45) is 0.926. The molecule has 0 aromatic heterocycles. The summed E-state index contributed by atoms with van der Waals surface area (Å²) in [4.78, 5) is 4.57. The van der Waals surface area contributed by atoms with E-state index in [-0.39, 0.29) is 6.04 Å². The summed E-state index contributed by atoms with van der Waals surface area (Å²) in [5.74, 6) is 1.96. The lowest BCUT2D eigenvalue weighted by Gasteiger charge is -2.23. The quantitative estimate of drug-likeness (QED) is 0.849. The van der Waals surface area contributed by atoms with E-state index in [4.69, 9.17) is 4.74 Å². The lowest BCUT2D eigenvalue weighted by atomic mass is 9.85. The zero-order valence-electron chi connectivity index (χ0n) is 14.5. The Morgan fingerprint density at radius 2 is 2.17 bits per heavy atom. The molecule has 5 heteroatoms. The van der Waals surface area contributed by atoms with Crippen LogP contribution in [0.3, 0.4) is 0 Å². The highest BCUT2D eigenvalue weighted by molar-refractivity contribution is 8.14. The van der Waals surface area contributed by atoms with Gasteiger partial charge in [0.25, 0.3) is 0 Å². The van der Waals surface area contributed by atoms with Gasteiger partial charge in [0.1, 0.15) is 13.6 Å². The fourth-order valence-corrected chi connectivity index (χ4v) is 3.79. The number of nitrogens with one attached hydrogen (secondary N) is 1. The van der Waals surface area contributed by atoms with Crippen LogP contribution in [0.1, 0.15) is 22.7 Å². The minimum atomic E-state index is 0.186. The predicted octanol–water partition coefficient (Wildman–Crippen LogP) is 2.24. The third-order valence-electron chi connectivity index (χ3n) is 4.27. The van der Waals surface area contributed by atoms with Crippen molar-refractivity contribution < 1.29 is 4.74 Å². The number of hydrogen-bond donors (Lipinski definition) is 1. The van der Waals surface area contributed by atoms with Crippen LogP contribution in [0.15, 0.2) is 47.5 Å². The third kappa shape index (κ3) is 4.15. The molecular weight excluding hydrogens is 315 g/mol. The molecule has 3 rings (SSSR count). The molecule has 0 radical (unpaired) electrons. The molecule has 1 atom stereocenters. The molecule has 0 saturated heterocycles. The van der Waals surface area contributed by atoms with E-state index < -0.39 is 0 Å². The highest BCUT2D eigenvalue weighted by Gasteiger charge is 2.19. The molecule has 2 aromatic rings. The molecule has 0 aliphatic carbocycles. The average molecular weight is 338 g/mol.